The van der Waals surface area contributed by atoms with Crippen LogP contribution >= 0.6 is 0 Å². The van der Waals surface area contributed by atoms with E-state index in [9.17, 15) is 4.79 Å². The standard InChI is InChI=1S/C18H22N2O3/c1-3-13-11-20-9-8-14(13)10-16(20)12-23-18(21)19-15-4-6-17(22-2)7-5-15/h1,4-7,13-14,16H,8-12H2,2H3,(H,19,21). The number of nitrogens with zero attached hydrogens (tertiary/aromatic N) is 1. The van der Waals surface area contributed by atoms with Crippen molar-refractivity contribution in [3.8, 4) is 18.1 Å². The summed E-state index contributed by atoms with van der Waals surface area (Å²) in [5, 5.41) is 2.73. The van der Waals surface area contributed by atoms with E-state index >= 15 is 0 Å². The molecule has 0 aromatic heterocycles. The molecule has 122 valence electrons. The predicted molar refractivity (Wildman–Crippen MR) is 88.4 cm³/mol. The van der Waals surface area contributed by atoms with Crippen molar-refractivity contribution in [2.75, 3.05) is 32.1 Å². The first-order valence-corrected chi connectivity index (χ1v) is 7.97. The van der Waals surface area contributed by atoms with Crippen LogP contribution in [0.1, 0.15) is 12.8 Å². The quantitative estimate of drug-likeness (QED) is 0.868. The minimum atomic E-state index is -0.425. The second-order valence-corrected chi connectivity index (χ2v) is 6.16. The smallest absolute Gasteiger partial charge is 0.411 e. The Hall–Kier alpha value is -2.19. The fourth-order valence-corrected chi connectivity index (χ4v) is 3.50. The molecule has 1 aromatic carbocycles. The van der Waals surface area contributed by atoms with Crippen LogP contribution in [0.5, 0.6) is 5.75 Å². The van der Waals surface area contributed by atoms with E-state index in [4.69, 9.17) is 15.9 Å². The van der Waals surface area contributed by atoms with Crippen molar-refractivity contribution < 1.29 is 14.3 Å². The molecule has 4 atom stereocenters. The lowest BCUT2D eigenvalue weighted by molar-refractivity contribution is -0.00665. The predicted octanol–water partition coefficient (Wildman–Crippen LogP) is 2.59. The zero-order valence-electron chi connectivity index (χ0n) is 13.3. The van der Waals surface area contributed by atoms with Crippen LogP contribution in [-0.4, -0.2) is 43.8 Å². The number of amides is 1. The topological polar surface area (TPSA) is 50.8 Å². The molecule has 3 heterocycles. The summed E-state index contributed by atoms with van der Waals surface area (Å²) in [6.07, 6.45) is 7.33. The third-order valence-electron chi connectivity index (χ3n) is 4.84. The van der Waals surface area contributed by atoms with Gasteiger partial charge in [-0.05, 0) is 49.6 Å². The Morgan fingerprint density at radius 2 is 2.22 bits per heavy atom. The van der Waals surface area contributed by atoms with E-state index < -0.39 is 6.09 Å². The van der Waals surface area contributed by atoms with E-state index in [1.165, 1.54) is 0 Å². The van der Waals surface area contributed by atoms with E-state index in [0.717, 1.165) is 31.7 Å². The molecule has 1 N–H and O–H groups in total. The number of terminal acetylenes is 1. The van der Waals surface area contributed by atoms with Crippen LogP contribution in [-0.2, 0) is 4.74 Å². The van der Waals surface area contributed by atoms with Gasteiger partial charge in [-0.1, -0.05) is 0 Å². The molecule has 0 saturated carbocycles. The number of carbonyl (C=O) groups is 1. The summed E-state index contributed by atoms with van der Waals surface area (Å²) in [7, 11) is 1.61. The minimum Gasteiger partial charge on any atom is -0.497 e. The van der Waals surface area contributed by atoms with E-state index in [-0.39, 0.29) is 0 Å². The summed E-state index contributed by atoms with van der Waals surface area (Å²) < 4.78 is 10.5. The Morgan fingerprint density at radius 3 is 2.83 bits per heavy atom. The summed E-state index contributed by atoms with van der Waals surface area (Å²) >= 11 is 0. The summed E-state index contributed by atoms with van der Waals surface area (Å²) in [5.41, 5.74) is 0.689. The van der Waals surface area contributed by atoms with Crippen molar-refractivity contribution in [2.24, 2.45) is 11.8 Å². The second kappa shape index (κ2) is 6.93. The third-order valence-corrected chi connectivity index (χ3v) is 4.84. The fraction of sp³-hybridized carbons (Fsp3) is 0.500. The van der Waals surface area contributed by atoms with Gasteiger partial charge in [0.25, 0.3) is 0 Å². The average molecular weight is 314 g/mol. The Balaban J connectivity index is 1.47. The number of rotatable bonds is 4. The Bertz CT molecular complexity index is 593. The van der Waals surface area contributed by atoms with Crippen molar-refractivity contribution in [3.63, 3.8) is 0 Å². The van der Waals surface area contributed by atoms with E-state index in [0.29, 0.717) is 30.2 Å². The summed E-state index contributed by atoms with van der Waals surface area (Å²) in [6.45, 7) is 2.39. The van der Waals surface area contributed by atoms with Crippen LogP contribution in [0.25, 0.3) is 0 Å². The van der Waals surface area contributed by atoms with Gasteiger partial charge in [0, 0.05) is 24.2 Å². The highest BCUT2D eigenvalue weighted by molar-refractivity contribution is 5.84. The number of carbonyl (C=O) groups excluding carboxylic acids is 1. The number of fused-ring (bicyclic) bond motifs is 3. The van der Waals surface area contributed by atoms with Gasteiger partial charge in [-0.2, -0.15) is 0 Å². The minimum absolute atomic E-state index is 0.292. The van der Waals surface area contributed by atoms with Gasteiger partial charge in [-0.3, -0.25) is 10.2 Å². The molecule has 5 nitrogen and oxygen atoms in total. The second-order valence-electron chi connectivity index (χ2n) is 6.16. The van der Waals surface area contributed by atoms with Gasteiger partial charge in [-0.25, -0.2) is 4.79 Å². The first-order valence-electron chi connectivity index (χ1n) is 7.97. The summed E-state index contributed by atoms with van der Waals surface area (Å²) in [6, 6.07) is 7.44. The number of methoxy groups -OCH3 is 1. The third kappa shape index (κ3) is 3.59. The lowest BCUT2D eigenvalue weighted by atomic mass is 9.76. The molecule has 3 aliphatic heterocycles. The molecule has 5 heteroatoms. The van der Waals surface area contributed by atoms with Crippen molar-refractivity contribution >= 4 is 11.8 Å². The molecule has 2 bridgehead atoms. The molecular weight excluding hydrogens is 292 g/mol. The molecule has 4 unspecified atom stereocenters. The van der Waals surface area contributed by atoms with E-state index in [1.54, 1.807) is 31.4 Å². The summed E-state index contributed by atoms with van der Waals surface area (Å²) in [5.74, 6) is 4.57. The number of hydrogen-bond acceptors (Lipinski definition) is 4. The molecule has 0 aliphatic carbocycles. The Kier molecular flexibility index (Phi) is 4.73. The van der Waals surface area contributed by atoms with Crippen molar-refractivity contribution in [3.05, 3.63) is 24.3 Å². The van der Waals surface area contributed by atoms with Gasteiger partial charge in [0.15, 0.2) is 0 Å². The lowest BCUT2D eigenvalue weighted by Gasteiger charge is -2.48. The van der Waals surface area contributed by atoms with E-state index in [1.807, 2.05) is 0 Å². The average Bonchev–Trinajstić information content (AvgIpc) is 2.61. The zero-order chi connectivity index (χ0) is 16.2. The lowest BCUT2D eigenvalue weighted by Crippen LogP contribution is -2.54. The molecule has 3 aliphatic rings. The molecular formula is C18H22N2O3. The molecule has 4 rings (SSSR count). The van der Waals surface area contributed by atoms with Crippen LogP contribution in [0.3, 0.4) is 0 Å². The first-order chi connectivity index (χ1) is 11.2. The number of nitrogens with one attached hydrogen (secondary N) is 1. The largest absolute Gasteiger partial charge is 0.497 e. The zero-order valence-corrected chi connectivity index (χ0v) is 13.3. The van der Waals surface area contributed by atoms with Gasteiger partial charge >= 0.3 is 6.09 Å². The number of hydrogen-bond donors (Lipinski definition) is 1. The maximum absolute atomic E-state index is 11.9. The van der Waals surface area contributed by atoms with Crippen molar-refractivity contribution in [2.45, 2.75) is 18.9 Å². The van der Waals surface area contributed by atoms with Gasteiger partial charge in [0.1, 0.15) is 12.4 Å². The maximum Gasteiger partial charge on any atom is 0.411 e. The highest BCUT2D eigenvalue weighted by Gasteiger charge is 2.39. The SMILES string of the molecule is C#CC1CN2CCC1CC2COC(=O)Nc1ccc(OC)cc1. The van der Waals surface area contributed by atoms with Gasteiger partial charge in [-0.15, -0.1) is 12.3 Å². The van der Waals surface area contributed by atoms with Crippen LogP contribution in [0.15, 0.2) is 24.3 Å². The Morgan fingerprint density at radius 1 is 1.43 bits per heavy atom. The monoisotopic (exact) mass is 314 g/mol. The Labute approximate surface area is 136 Å². The molecule has 0 spiro atoms. The first kappa shape index (κ1) is 15.7. The van der Waals surface area contributed by atoms with Gasteiger partial charge in [0.2, 0.25) is 0 Å². The molecule has 0 radical (unpaired) electrons. The van der Waals surface area contributed by atoms with Crippen molar-refractivity contribution in [1.29, 1.82) is 0 Å². The highest BCUT2D eigenvalue weighted by Crippen LogP contribution is 2.35. The molecule has 3 saturated heterocycles. The van der Waals surface area contributed by atoms with Gasteiger partial charge in [0.05, 0.1) is 7.11 Å². The van der Waals surface area contributed by atoms with Gasteiger partial charge < -0.3 is 9.47 Å². The maximum atomic E-state index is 11.9. The normalized spacial score (nSPS) is 28.7. The van der Waals surface area contributed by atoms with E-state index in [2.05, 4.69) is 16.1 Å². The molecule has 3 fully saturated rings. The molecule has 1 amide bonds. The van der Waals surface area contributed by atoms with Crippen molar-refractivity contribution in [1.82, 2.24) is 4.90 Å². The number of benzene rings is 1. The number of ether oxygens (including phenoxy) is 2. The molecule has 1 aromatic rings. The van der Waals surface area contributed by atoms with Crippen LogP contribution in [0, 0.1) is 24.2 Å². The molecule has 23 heavy (non-hydrogen) atoms. The number of anilines is 1. The highest BCUT2D eigenvalue weighted by atomic mass is 16.5. The fourth-order valence-electron chi connectivity index (χ4n) is 3.50. The van der Waals surface area contributed by atoms with Crippen LogP contribution in [0.4, 0.5) is 10.5 Å². The van der Waals surface area contributed by atoms with Crippen LogP contribution < -0.4 is 10.1 Å². The summed E-state index contributed by atoms with van der Waals surface area (Å²) in [4.78, 5) is 14.3. The van der Waals surface area contributed by atoms with Crippen LogP contribution in [0.2, 0.25) is 0 Å². The number of piperidine rings is 3.